The number of aliphatic hydroxyl groups is 2. The van der Waals surface area contributed by atoms with Crippen LogP contribution in [0.3, 0.4) is 0 Å². The third-order valence-corrected chi connectivity index (χ3v) is 14.0. The zero-order valence-corrected chi connectivity index (χ0v) is 27.4. The summed E-state index contributed by atoms with van der Waals surface area (Å²) in [5.41, 5.74) is -2.72. The molecular weight excluding hydrogens is 568 g/mol. The number of fused-ring (bicyclic) bond motifs is 4. The summed E-state index contributed by atoms with van der Waals surface area (Å²) in [7, 11) is 0. The fraction of sp³-hybridized carbons (Fsp3) is 1.00. The molecule has 10 fully saturated rings. The maximum absolute atomic E-state index is 12.2. The highest BCUT2D eigenvalue weighted by molar-refractivity contribution is 5.12. The lowest BCUT2D eigenvalue weighted by Crippen LogP contribution is -2.71. The van der Waals surface area contributed by atoms with Crippen LogP contribution in [0.25, 0.3) is 0 Å². The number of aliphatic hydroxyl groups excluding tert-OH is 1. The number of hydrogen-bond acceptors (Lipinski definition) is 10. The average Bonchev–Trinajstić information content (AvgIpc) is 3.36. The molecule has 0 amide bonds. The largest absolute Gasteiger partial charge is 0.393 e. The van der Waals surface area contributed by atoms with E-state index in [9.17, 15) is 10.2 Å². The van der Waals surface area contributed by atoms with Crippen molar-refractivity contribution in [2.45, 2.75) is 159 Å². The van der Waals surface area contributed by atoms with Gasteiger partial charge in [0.05, 0.1) is 24.4 Å². The summed E-state index contributed by atoms with van der Waals surface area (Å²) in [6, 6.07) is 0. The van der Waals surface area contributed by atoms with Crippen molar-refractivity contribution in [3.05, 3.63) is 0 Å². The Morgan fingerprint density at radius 2 is 1.05 bits per heavy atom. The van der Waals surface area contributed by atoms with Crippen LogP contribution in [0.2, 0.25) is 0 Å². The van der Waals surface area contributed by atoms with Gasteiger partial charge in [0.1, 0.15) is 0 Å². The van der Waals surface area contributed by atoms with Gasteiger partial charge >= 0.3 is 0 Å². The molecule has 0 aromatic carbocycles. The van der Waals surface area contributed by atoms with Gasteiger partial charge in [-0.05, 0) is 87.9 Å². The Labute approximate surface area is 261 Å². The fourth-order valence-electron chi connectivity index (χ4n) is 11.4. The van der Waals surface area contributed by atoms with Crippen LogP contribution in [0.15, 0.2) is 0 Å². The molecule has 4 bridgehead atoms. The fourth-order valence-corrected chi connectivity index (χ4v) is 11.4. The Morgan fingerprint density at radius 1 is 0.614 bits per heavy atom. The van der Waals surface area contributed by atoms with E-state index in [4.69, 9.17) is 38.5 Å². The number of ether oxygens (including phenoxy) is 4. The van der Waals surface area contributed by atoms with Crippen LogP contribution in [-0.2, 0) is 38.5 Å². The van der Waals surface area contributed by atoms with Gasteiger partial charge < -0.3 is 29.2 Å². The summed E-state index contributed by atoms with van der Waals surface area (Å²) in [6.07, 6.45) is 6.43. The lowest BCUT2D eigenvalue weighted by Gasteiger charge is -2.61. The molecule has 16 atom stereocenters. The van der Waals surface area contributed by atoms with Gasteiger partial charge in [-0.2, -0.15) is 0 Å². The third kappa shape index (κ3) is 4.28. The second-order valence-corrected chi connectivity index (χ2v) is 16.7. The van der Waals surface area contributed by atoms with Crippen molar-refractivity contribution < 1.29 is 48.7 Å². The first-order valence-electron chi connectivity index (χ1n) is 17.6. The molecule has 0 unspecified atom stereocenters. The molecule has 2 saturated carbocycles. The van der Waals surface area contributed by atoms with Crippen molar-refractivity contribution in [1.82, 2.24) is 0 Å². The van der Waals surface area contributed by atoms with Gasteiger partial charge in [-0.3, -0.25) is 0 Å². The zero-order valence-electron chi connectivity index (χ0n) is 27.4. The monoisotopic (exact) mass is 622 g/mol. The van der Waals surface area contributed by atoms with E-state index in [2.05, 4.69) is 27.7 Å². The van der Waals surface area contributed by atoms with Gasteiger partial charge in [0.2, 0.25) is 11.6 Å². The van der Waals surface area contributed by atoms with E-state index >= 15 is 0 Å². The van der Waals surface area contributed by atoms with Crippen molar-refractivity contribution >= 4 is 0 Å². The standard InChI is InChI=1S/C34H54O10/c1-18-7-9-24-20(3)26(37-28-33(24)22(18)11-13-30(5,39-28)41-43-33)15-32(36,17-35)16-27-21(4)25-10-8-19(2)23-12-14-31(6)40-29(38-27)34(23,25)44-42-31/h18-29,35-36H,7-17H2,1-6H3/t18-,19-,20-,21-,22+,23+,24+,25+,26-,27-,28-,29-,30-,31-,33-,34-/m1/s1. The Bertz CT molecular complexity index is 1040. The molecule has 250 valence electrons. The van der Waals surface area contributed by atoms with E-state index in [1.165, 1.54) is 0 Å². The van der Waals surface area contributed by atoms with Crippen molar-refractivity contribution in [3.63, 3.8) is 0 Å². The van der Waals surface area contributed by atoms with Crippen LogP contribution in [0, 0.1) is 47.3 Å². The molecule has 10 rings (SSSR count). The quantitative estimate of drug-likeness (QED) is 0.407. The Morgan fingerprint density at radius 3 is 1.45 bits per heavy atom. The number of rotatable bonds is 5. The Hall–Kier alpha value is -0.400. The molecule has 0 radical (unpaired) electrons. The maximum atomic E-state index is 12.2. The van der Waals surface area contributed by atoms with Crippen molar-refractivity contribution in [2.24, 2.45) is 47.3 Å². The predicted octanol–water partition coefficient (Wildman–Crippen LogP) is 4.99. The minimum absolute atomic E-state index is 0.0777. The van der Waals surface area contributed by atoms with Gasteiger partial charge in [-0.1, -0.05) is 27.7 Å². The van der Waals surface area contributed by atoms with Crippen LogP contribution >= 0.6 is 0 Å². The SMILES string of the molecule is C[C@H]1[C@@H](CC(O)(CO)C[C@H]2O[C@@H]3O[C@@]4(C)CC[C@H]5[C@H](C)CC[C@@H]([C@H]2C)[C@@]35OO4)O[C@@H]2O[C@@]3(C)CC[C@H]4[C@H](C)CC[C@@H]1[C@@]24OO3. The lowest BCUT2D eigenvalue weighted by atomic mass is 9.56. The summed E-state index contributed by atoms with van der Waals surface area (Å²) in [5.74, 6) is 0.305. The van der Waals surface area contributed by atoms with Gasteiger partial charge in [-0.25, -0.2) is 19.6 Å². The lowest BCUT2D eigenvalue weighted by molar-refractivity contribution is -0.572. The molecule has 2 aliphatic carbocycles. The zero-order chi connectivity index (χ0) is 30.9. The molecule has 2 N–H and O–H groups in total. The van der Waals surface area contributed by atoms with Crippen molar-refractivity contribution in [3.8, 4) is 0 Å². The molecular formula is C34H54O10. The Kier molecular flexibility index (Phi) is 7.23. The van der Waals surface area contributed by atoms with Gasteiger partial charge in [0.25, 0.3) is 0 Å². The topological polar surface area (TPSA) is 114 Å². The molecule has 8 saturated heterocycles. The van der Waals surface area contributed by atoms with E-state index in [1.54, 1.807) is 0 Å². The highest BCUT2D eigenvalue weighted by atomic mass is 17.3. The second kappa shape index (κ2) is 10.3. The molecule has 8 aliphatic heterocycles. The highest BCUT2D eigenvalue weighted by Gasteiger charge is 2.71. The first-order chi connectivity index (χ1) is 20.9. The number of hydrogen-bond donors (Lipinski definition) is 2. The molecule has 10 heteroatoms. The summed E-state index contributed by atoms with van der Waals surface area (Å²) >= 11 is 0. The van der Waals surface area contributed by atoms with Crippen LogP contribution in [0.4, 0.5) is 0 Å². The maximum Gasteiger partial charge on any atom is 0.201 e. The first kappa shape index (κ1) is 30.9. The minimum Gasteiger partial charge on any atom is -0.393 e. The summed E-state index contributed by atoms with van der Waals surface area (Å²) in [4.78, 5) is 24.6. The average molecular weight is 623 g/mol. The second-order valence-electron chi connectivity index (χ2n) is 16.7. The molecule has 44 heavy (non-hydrogen) atoms. The summed E-state index contributed by atoms with van der Waals surface area (Å²) in [6.45, 7) is 12.5. The minimum atomic E-state index is -1.41. The normalized spacial score (nSPS) is 59.2. The summed E-state index contributed by atoms with van der Waals surface area (Å²) < 4.78 is 26.7. The first-order valence-corrected chi connectivity index (χ1v) is 17.6. The van der Waals surface area contributed by atoms with Crippen LogP contribution in [0.5, 0.6) is 0 Å². The van der Waals surface area contributed by atoms with Crippen LogP contribution < -0.4 is 0 Å². The van der Waals surface area contributed by atoms with Gasteiger partial charge in [0.15, 0.2) is 23.8 Å². The van der Waals surface area contributed by atoms with Crippen LogP contribution in [0.1, 0.15) is 106 Å². The van der Waals surface area contributed by atoms with Crippen LogP contribution in [-0.4, -0.2) is 70.0 Å². The molecule has 10 nitrogen and oxygen atoms in total. The third-order valence-electron chi connectivity index (χ3n) is 14.0. The van der Waals surface area contributed by atoms with Gasteiger partial charge in [-0.15, -0.1) is 0 Å². The van der Waals surface area contributed by atoms with Crippen molar-refractivity contribution in [1.29, 1.82) is 0 Å². The molecule has 8 heterocycles. The van der Waals surface area contributed by atoms with E-state index in [0.717, 1.165) is 51.4 Å². The van der Waals surface area contributed by atoms with E-state index < -0.39 is 41.0 Å². The molecule has 2 spiro atoms. The highest BCUT2D eigenvalue weighted by Crippen LogP contribution is 2.63. The van der Waals surface area contributed by atoms with E-state index in [-0.39, 0.29) is 67.2 Å². The van der Waals surface area contributed by atoms with Crippen molar-refractivity contribution in [2.75, 3.05) is 6.61 Å². The van der Waals surface area contributed by atoms with Gasteiger partial charge in [0, 0.05) is 37.5 Å². The summed E-state index contributed by atoms with van der Waals surface area (Å²) in [5, 5.41) is 22.9. The molecule has 0 aromatic heterocycles. The Balaban J connectivity index is 1.05. The predicted molar refractivity (Wildman–Crippen MR) is 155 cm³/mol. The van der Waals surface area contributed by atoms with E-state index in [1.807, 2.05) is 13.8 Å². The molecule has 10 aliphatic rings. The van der Waals surface area contributed by atoms with E-state index in [0.29, 0.717) is 11.8 Å². The smallest absolute Gasteiger partial charge is 0.201 e. The molecule has 0 aromatic rings.